The molecule has 2 amide bonds. The Hall–Kier alpha value is -1.38. The molecule has 91 valence electrons. The molecular formula is C14H18NO2. The number of fused-ring (bicyclic) bond motifs is 2. The summed E-state index contributed by atoms with van der Waals surface area (Å²) in [5.74, 6) is 1.53. The van der Waals surface area contributed by atoms with Gasteiger partial charge in [-0.25, -0.2) is 0 Å². The average molecular weight is 232 g/mol. The minimum Gasteiger partial charge on any atom is -0.275 e. The first kappa shape index (κ1) is 12.1. The van der Waals surface area contributed by atoms with Crippen molar-refractivity contribution < 1.29 is 9.59 Å². The van der Waals surface area contributed by atoms with E-state index in [0.29, 0.717) is 13.0 Å². The summed E-state index contributed by atoms with van der Waals surface area (Å²) in [6.45, 7) is 3.97. The molecule has 0 N–H and O–H groups in total. The van der Waals surface area contributed by atoms with Crippen LogP contribution >= 0.6 is 0 Å². The quantitative estimate of drug-likeness (QED) is 0.540. The van der Waals surface area contributed by atoms with Crippen molar-refractivity contribution in [3.05, 3.63) is 31.2 Å². The number of rotatable bonds is 2. The molecule has 3 nitrogen and oxygen atoms in total. The first-order valence-electron chi connectivity index (χ1n) is 6.22. The molecule has 2 unspecified atom stereocenters. The molecule has 2 bridgehead atoms. The van der Waals surface area contributed by atoms with Crippen molar-refractivity contribution in [3.63, 3.8) is 0 Å². The highest BCUT2D eigenvalue weighted by Gasteiger charge is 2.25. The molecule has 3 aliphatic rings. The predicted octanol–water partition coefficient (Wildman–Crippen LogP) is 2.11. The van der Waals surface area contributed by atoms with Gasteiger partial charge in [0.05, 0.1) is 0 Å². The highest BCUT2D eigenvalue weighted by Crippen LogP contribution is 2.38. The molecule has 0 aromatic heterocycles. The number of nitrogens with zero attached hydrogens (tertiary/aromatic N) is 1. The van der Waals surface area contributed by atoms with Gasteiger partial charge in [0.1, 0.15) is 0 Å². The molecule has 0 aromatic rings. The third-order valence-electron chi connectivity index (χ3n) is 3.45. The highest BCUT2D eigenvalue weighted by molar-refractivity contribution is 6.12. The maximum absolute atomic E-state index is 10.8. The van der Waals surface area contributed by atoms with Crippen LogP contribution in [0.4, 0.5) is 0 Å². The summed E-state index contributed by atoms with van der Waals surface area (Å²) >= 11 is 0. The number of allylic oxidation sites excluding steroid dienone is 2. The van der Waals surface area contributed by atoms with E-state index in [1.165, 1.54) is 36.3 Å². The number of hydrogen-bond donors (Lipinski definition) is 0. The lowest BCUT2D eigenvalue weighted by atomic mass is 10.1. The predicted molar refractivity (Wildman–Crippen MR) is 65.8 cm³/mol. The molecule has 1 radical (unpaired) electrons. The fraction of sp³-hybridized carbons (Fsp3) is 0.500. The van der Waals surface area contributed by atoms with E-state index in [2.05, 4.69) is 19.1 Å². The maximum Gasteiger partial charge on any atom is 0.253 e. The van der Waals surface area contributed by atoms with Gasteiger partial charge in [-0.05, 0) is 37.5 Å². The molecule has 2 atom stereocenters. The molecule has 1 heterocycles. The monoisotopic (exact) mass is 232 g/mol. The van der Waals surface area contributed by atoms with Crippen molar-refractivity contribution in [3.8, 4) is 0 Å². The molecule has 0 saturated heterocycles. The van der Waals surface area contributed by atoms with E-state index in [4.69, 9.17) is 0 Å². The normalized spacial score (nSPS) is 28.9. The van der Waals surface area contributed by atoms with Crippen LogP contribution in [0.3, 0.4) is 0 Å². The van der Waals surface area contributed by atoms with Crippen LogP contribution in [0.15, 0.2) is 24.3 Å². The molecule has 1 fully saturated rings. The van der Waals surface area contributed by atoms with Gasteiger partial charge in [-0.15, -0.1) is 0 Å². The van der Waals surface area contributed by atoms with Gasteiger partial charge in [0.25, 0.3) is 11.8 Å². The molecule has 2 aliphatic carbocycles. The van der Waals surface area contributed by atoms with Gasteiger partial charge < -0.3 is 0 Å². The molecule has 1 aliphatic heterocycles. The fourth-order valence-corrected chi connectivity index (χ4v) is 2.53. The van der Waals surface area contributed by atoms with Crippen LogP contribution in [0.1, 0.15) is 25.7 Å². The van der Waals surface area contributed by atoms with Gasteiger partial charge in [0, 0.05) is 18.7 Å². The summed E-state index contributed by atoms with van der Waals surface area (Å²) in [6, 6.07) is 0. The van der Waals surface area contributed by atoms with Crippen LogP contribution in [0.2, 0.25) is 0 Å². The minimum absolute atomic E-state index is 0.228. The van der Waals surface area contributed by atoms with E-state index < -0.39 is 0 Å². The number of carbonyl (C=O) groups is 2. The third-order valence-corrected chi connectivity index (χ3v) is 3.45. The van der Waals surface area contributed by atoms with E-state index in [1.807, 2.05) is 0 Å². The Morgan fingerprint density at radius 1 is 1.12 bits per heavy atom. The van der Waals surface area contributed by atoms with Crippen molar-refractivity contribution in [2.24, 2.45) is 11.8 Å². The Morgan fingerprint density at radius 2 is 1.65 bits per heavy atom. The Bertz CT molecular complexity index is 340. The van der Waals surface area contributed by atoms with Gasteiger partial charge >= 0.3 is 0 Å². The van der Waals surface area contributed by atoms with Crippen molar-refractivity contribution >= 4 is 11.8 Å². The largest absolute Gasteiger partial charge is 0.275 e. The van der Waals surface area contributed by atoms with E-state index in [9.17, 15) is 9.59 Å². The summed E-state index contributed by atoms with van der Waals surface area (Å²) in [7, 11) is 0. The highest BCUT2D eigenvalue weighted by atomic mass is 16.2. The van der Waals surface area contributed by atoms with Crippen LogP contribution in [0, 0.1) is 18.8 Å². The van der Waals surface area contributed by atoms with Crippen LogP contribution in [0.25, 0.3) is 0 Å². The Labute approximate surface area is 102 Å². The standard InChI is InChI=1S/C7H8NO2.C7H10/c1-2-5-8-6(9)3-4-7(8)10;1-2-7-4-3-6(1)5-7/h3-4H,1-2,5H2;1-2,6-7H,3-5H2. The number of imide groups is 1. The zero-order chi connectivity index (χ0) is 12.3. The van der Waals surface area contributed by atoms with Crippen molar-refractivity contribution in [2.45, 2.75) is 25.7 Å². The minimum atomic E-state index is -0.228. The van der Waals surface area contributed by atoms with Crippen LogP contribution in [-0.4, -0.2) is 23.3 Å². The van der Waals surface area contributed by atoms with Gasteiger partial charge in [0.2, 0.25) is 0 Å². The van der Waals surface area contributed by atoms with Gasteiger partial charge in [-0.3, -0.25) is 14.5 Å². The summed E-state index contributed by atoms with van der Waals surface area (Å²) < 4.78 is 0. The van der Waals surface area contributed by atoms with Crippen molar-refractivity contribution in [1.82, 2.24) is 4.90 Å². The smallest absolute Gasteiger partial charge is 0.253 e. The number of amides is 2. The second-order valence-electron chi connectivity index (χ2n) is 4.73. The Balaban J connectivity index is 0.000000134. The SMILES string of the molecule is C1=CC2CCC1C2.[CH2]CCN1C(=O)C=CC1=O. The average Bonchev–Trinajstić information content (AvgIpc) is 3.03. The lowest BCUT2D eigenvalue weighted by Crippen LogP contribution is -2.30. The molecule has 3 heteroatoms. The van der Waals surface area contributed by atoms with Gasteiger partial charge in [-0.1, -0.05) is 19.1 Å². The maximum atomic E-state index is 10.8. The van der Waals surface area contributed by atoms with Crippen LogP contribution in [0.5, 0.6) is 0 Å². The van der Waals surface area contributed by atoms with Crippen molar-refractivity contribution in [2.75, 3.05) is 6.54 Å². The Kier molecular flexibility index (Phi) is 3.77. The first-order chi connectivity index (χ1) is 8.20. The zero-order valence-corrected chi connectivity index (χ0v) is 9.97. The fourth-order valence-electron chi connectivity index (χ4n) is 2.53. The molecule has 0 spiro atoms. The third kappa shape index (κ3) is 2.84. The summed E-state index contributed by atoms with van der Waals surface area (Å²) in [6.07, 6.45) is 12.3. The van der Waals surface area contributed by atoms with Crippen LogP contribution < -0.4 is 0 Å². The molecule has 3 rings (SSSR count). The number of carbonyl (C=O) groups excluding carboxylic acids is 2. The van der Waals surface area contributed by atoms with E-state index in [-0.39, 0.29) is 11.8 Å². The van der Waals surface area contributed by atoms with E-state index in [1.54, 1.807) is 0 Å². The topological polar surface area (TPSA) is 37.4 Å². The summed E-state index contributed by atoms with van der Waals surface area (Å²) in [4.78, 5) is 22.7. The second kappa shape index (κ2) is 5.30. The zero-order valence-electron chi connectivity index (χ0n) is 9.97. The molecular weight excluding hydrogens is 214 g/mol. The van der Waals surface area contributed by atoms with Gasteiger partial charge in [0.15, 0.2) is 0 Å². The van der Waals surface area contributed by atoms with E-state index in [0.717, 1.165) is 11.8 Å². The lowest BCUT2D eigenvalue weighted by molar-refractivity contribution is -0.136. The first-order valence-corrected chi connectivity index (χ1v) is 6.22. The molecule has 17 heavy (non-hydrogen) atoms. The summed E-state index contributed by atoms with van der Waals surface area (Å²) in [5, 5.41) is 0. The van der Waals surface area contributed by atoms with E-state index >= 15 is 0 Å². The van der Waals surface area contributed by atoms with Crippen LogP contribution in [-0.2, 0) is 9.59 Å². The summed E-state index contributed by atoms with van der Waals surface area (Å²) in [5.41, 5.74) is 0. The van der Waals surface area contributed by atoms with Gasteiger partial charge in [-0.2, -0.15) is 0 Å². The number of hydrogen-bond acceptors (Lipinski definition) is 2. The molecule has 0 aromatic carbocycles. The van der Waals surface area contributed by atoms with Crippen molar-refractivity contribution in [1.29, 1.82) is 0 Å². The molecule has 1 saturated carbocycles. The Morgan fingerprint density at radius 3 is 1.94 bits per heavy atom. The lowest BCUT2D eigenvalue weighted by Gasteiger charge is -2.10. The second-order valence-corrected chi connectivity index (χ2v) is 4.73.